The average molecular weight is 243 g/mol. The van der Waals surface area contributed by atoms with E-state index in [1.165, 1.54) is 45.1 Å². The van der Waals surface area contributed by atoms with Gasteiger partial charge in [-0.25, -0.2) is 0 Å². The van der Waals surface area contributed by atoms with Crippen LogP contribution in [0.2, 0.25) is 0 Å². The highest BCUT2D eigenvalue weighted by Crippen LogP contribution is 2.53. The normalized spacial score (nSPS) is 22.7. The molecule has 0 radical (unpaired) electrons. The molecule has 2 aliphatic carbocycles. The molecule has 1 heteroatoms. The first kappa shape index (κ1) is 12.2. The van der Waals surface area contributed by atoms with E-state index in [1.807, 2.05) is 0 Å². The molecular weight excluding hydrogens is 218 g/mol. The van der Waals surface area contributed by atoms with E-state index < -0.39 is 0 Å². The Labute approximate surface area is 111 Å². The van der Waals surface area contributed by atoms with E-state index in [2.05, 4.69) is 42.6 Å². The Morgan fingerprint density at radius 3 is 2.50 bits per heavy atom. The van der Waals surface area contributed by atoms with Gasteiger partial charge in [-0.3, -0.25) is 0 Å². The topological polar surface area (TPSA) is 12.0 Å². The van der Waals surface area contributed by atoms with Crippen LogP contribution >= 0.6 is 0 Å². The van der Waals surface area contributed by atoms with Crippen LogP contribution in [-0.2, 0) is 5.41 Å². The van der Waals surface area contributed by atoms with Crippen molar-refractivity contribution in [3.05, 3.63) is 35.9 Å². The molecule has 2 aliphatic rings. The number of hydrogen-bond acceptors (Lipinski definition) is 1. The summed E-state index contributed by atoms with van der Waals surface area (Å²) in [6.45, 7) is 3.44. The molecule has 3 rings (SSSR count). The Hall–Kier alpha value is -0.820. The van der Waals surface area contributed by atoms with Crippen molar-refractivity contribution in [3.8, 4) is 0 Å². The summed E-state index contributed by atoms with van der Waals surface area (Å²) in [5.74, 6) is 1.01. The molecule has 18 heavy (non-hydrogen) atoms. The van der Waals surface area contributed by atoms with Gasteiger partial charge < -0.3 is 5.32 Å². The summed E-state index contributed by atoms with van der Waals surface area (Å²) in [5, 5.41) is 3.84. The summed E-state index contributed by atoms with van der Waals surface area (Å²) in [6, 6.07) is 11.9. The summed E-state index contributed by atoms with van der Waals surface area (Å²) in [7, 11) is 0. The fraction of sp³-hybridized carbons (Fsp3) is 0.647. The highest BCUT2D eigenvalue weighted by atomic mass is 14.9. The van der Waals surface area contributed by atoms with Crippen LogP contribution in [0.4, 0.5) is 0 Å². The second-order valence-corrected chi connectivity index (χ2v) is 6.21. The molecule has 1 unspecified atom stereocenters. The molecule has 1 aromatic carbocycles. The lowest BCUT2D eigenvalue weighted by atomic mass is 9.85. The quantitative estimate of drug-likeness (QED) is 0.766. The number of rotatable bonds is 7. The third-order valence-corrected chi connectivity index (χ3v) is 4.71. The van der Waals surface area contributed by atoms with Crippen molar-refractivity contribution in [1.29, 1.82) is 0 Å². The van der Waals surface area contributed by atoms with Crippen molar-refractivity contribution in [2.75, 3.05) is 6.54 Å². The predicted molar refractivity (Wildman–Crippen MR) is 76.8 cm³/mol. The highest BCUT2D eigenvalue weighted by Gasteiger charge is 2.51. The standard InChI is InChI=1S/C17H25N/c1-2-12-18-16(13-14-8-9-14)17(10-11-17)15-6-4-3-5-7-15/h3-7,14,16,18H,2,8-13H2,1H3. The third kappa shape index (κ3) is 2.47. The molecule has 0 aromatic heterocycles. The van der Waals surface area contributed by atoms with Crippen LogP contribution in [0.1, 0.15) is 51.0 Å². The minimum atomic E-state index is 0.471. The zero-order valence-corrected chi connectivity index (χ0v) is 11.5. The molecule has 0 saturated heterocycles. The van der Waals surface area contributed by atoms with E-state index >= 15 is 0 Å². The lowest BCUT2D eigenvalue weighted by Crippen LogP contribution is -2.40. The Bertz CT molecular complexity index is 376. The Balaban J connectivity index is 1.75. The van der Waals surface area contributed by atoms with Crippen molar-refractivity contribution < 1.29 is 0 Å². The molecular formula is C17H25N. The minimum Gasteiger partial charge on any atom is -0.313 e. The molecule has 0 spiro atoms. The van der Waals surface area contributed by atoms with E-state index in [9.17, 15) is 0 Å². The summed E-state index contributed by atoms with van der Waals surface area (Å²) in [4.78, 5) is 0. The fourth-order valence-corrected chi connectivity index (χ4v) is 3.25. The molecule has 0 aliphatic heterocycles. The van der Waals surface area contributed by atoms with E-state index in [0.717, 1.165) is 5.92 Å². The number of hydrogen-bond donors (Lipinski definition) is 1. The molecule has 1 N–H and O–H groups in total. The summed E-state index contributed by atoms with van der Waals surface area (Å²) >= 11 is 0. The van der Waals surface area contributed by atoms with E-state index in [0.29, 0.717) is 11.5 Å². The van der Waals surface area contributed by atoms with Gasteiger partial charge in [0.1, 0.15) is 0 Å². The van der Waals surface area contributed by atoms with Crippen LogP contribution in [0.15, 0.2) is 30.3 Å². The molecule has 98 valence electrons. The fourth-order valence-electron chi connectivity index (χ4n) is 3.25. The highest BCUT2D eigenvalue weighted by molar-refractivity contribution is 5.34. The maximum absolute atomic E-state index is 3.84. The van der Waals surface area contributed by atoms with Gasteiger partial charge in [0.25, 0.3) is 0 Å². The zero-order chi connectivity index (χ0) is 12.4. The van der Waals surface area contributed by atoms with Crippen LogP contribution in [0.3, 0.4) is 0 Å². The Morgan fingerprint density at radius 1 is 1.22 bits per heavy atom. The van der Waals surface area contributed by atoms with Gasteiger partial charge in [0, 0.05) is 11.5 Å². The number of nitrogens with one attached hydrogen (secondary N) is 1. The molecule has 1 aromatic rings. The van der Waals surface area contributed by atoms with Gasteiger partial charge in [-0.05, 0) is 43.7 Å². The van der Waals surface area contributed by atoms with Crippen molar-refractivity contribution in [2.24, 2.45) is 5.92 Å². The molecule has 0 amide bonds. The van der Waals surface area contributed by atoms with Gasteiger partial charge in [0.2, 0.25) is 0 Å². The first-order valence-electron chi connectivity index (χ1n) is 7.64. The summed E-state index contributed by atoms with van der Waals surface area (Å²) < 4.78 is 0. The monoisotopic (exact) mass is 243 g/mol. The lowest BCUT2D eigenvalue weighted by Gasteiger charge is -2.29. The Morgan fingerprint density at radius 2 is 1.94 bits per heavy atom. The second-order valence-electron chi connectivity index (χ2n) is 6.21. The summed E-state index contributed by atoms with van der Waals surface area (Å²) in [6.07, 6.45) is 8.33. The molecule has 2 saturated carbocycles. The average Bonchev–Trinajstić information content (AvgIpc) is 3.28. The zero-order valence-electron chi connectivity index (χ0n) is 11.5. The van der Waals surface area contributed by atoms with Gasteiger partial charge in [-0.2, -0.15) is 0 Å². The van der Waals surface area contributed by atoms with E-state index in [-0.39, 0.29) is 0 Å². The van der Waals surface area contributed by atoms with Crippen LogP contribution < -0.4 is 5.32 Å². The maximum atomic E-state index is 3.84. The van der Waals surface area contributed by atoms with Gasteiger partial charge in [-0.1, -0.05) is 50.1 Å². The van der Waals surface area contributed by atoms with Crippen molar-refractivity contribution >= 4 is 0 Å². The van der Waals surface area contributed by atoms with Crippen LogP contribution in [0.25, 0.3) is 0 Å². The van der Waals surface area contributed by atoms with Crippen molar-refractivity contribution in [2.45, 2.75) is 56.9 Å². The van der Waals surface area contributed by atoms with Gasteiger partial charge >= 0.3 is 0 Å². The smallest absolute Gasteiger partial charge is 0.0167 e. The maximum Gasteiger partial charge on any atom is 0.0167 e. The molecule has 0 heterocycles. The van der Waals surface area contributed by atoms with Crippen molar-refractivity contribution in [1.82, 2.24) is 5.32 Å². The van der Waals surface area contributed by atoms with Gasteiger partial charge in [0.15, 0.2) is 0 Å². The molecule has 2 fully saturated rings. The summed E-state index contributed by atoms with van der Waals surface area (Å²) in [5.41, 5.74) is 2.04. The third-order valence-electron chi connectivity index (χ3n) is 4.71. The molecule has 1 nitrogen and oxygen atoms in total. The number of benzene rings is 1. The first-order chi connectivity index (χ1) is 8.85. The first-order valence-corrected chi connectivity index (χ1v) is 7.64. The van der Waals surface area contributed by atoms with Gasteiger partial charge in [0.05, 0.1) is 0 Å². The SMILES string of the molecule is CCCNC(CC1CC1)C1(c2ccccc2)CC1. The van der Waals surface area contributed by atoms with Crippen LogP contribution in [0.5, 0.6) is 0 Å². The van der Waals surface area contributed by atoms with Gasteiger partial charge in [-0.15, -0.1) is 0 Å². The molecule has 0 bridgehead atoms. The molecule has 1 atom stereocenters. The minimum absolute atomic E-state index is 0.471. The van der Waals surface area contributed by atoms with Crippen LogP contribution in [0, 0.1) is 5.92 Å². The van der Waals surface area contributed by atoms with E-state index in [1.54, 1.807) is 5.56 Å². The second kappa shape index (κ2) is 5.05. The predicted octanol–water partition coefficient (Wildman–Crippen LogP) is 3.89. The van der Waals surface area contributed by atoms with E-state index in [4.69, 9.17) is 0 Å². The van der Waals surface area contributed by atoms with Crippen molar-refractivity contribution in [3.63, 3.8) is 0 Å². The largest absolute Gasteiger partial charge is 0.313 e. The lowest BCUT2D eigenvalue weighted by molar-refractivity contribution is 0.376. The Kier molecular flexibility index (Phi) is 3.43. The van der Waals surface area contributed by atoms with Crippen LogP contribution in [-0.4, -0.2) is 12.6 Å².